The van der Waals surface area contributed by atoms with E-state index in [-0.39, 0.29) is 5.91 Å². The lowest BCUT2D eigenvalue weighted by Gasteiger charge is -2.14. The number of para-hydroxylation sites is 1. The molecule has 0 fully saturated rings. The number of nitrogens with zero attached hydrogens (tertiary/aromatic N) is 2. The van der Waals surface area contributed by atoms with Gasteiger partial charge in [0.15, 0.2) is 11.5 Å². The molecule has 0 unspecified atom stereocenters. The summed E-state index contributed by atoms with van der Waals surface area (Å²) in [6, 6.07) is 32.9. The van der Waals surface area contributed by atoms with Crippen LogP contribution in [-0.2, 0) is 6.61 Å². The Hall–Kier alpha value is -4.24. The van der Waals surface area contributed by atoms with E-state index in [4.69, 9.17) is 14.5 Å². The number of methoxy groups -OCH3 is 1. The Labute approximate surface area is 234 Å². The minimum atomic E-state index is -0.332. The SMILES string of the molecule is COc1cc(I)cc(/C=N\NC(=O)c2cc(-c3ccccc3)nc3ccccc23)c1OCc1ccccc1. The van der Waals surface area contributed by atoms with E-state index in [0.29, 0.717) is 29.2 Å². The Kier molecular flexibility index (Phi) is 7.94. The van der Waals surface area contributed by atoms with Crippen LogP contribution >= 0.6 is 22.6 Å². The van der Waals surface area contributed by atoms with Crippen molar-refractivity contribution in [1.29, 1.82) is 0 Å². The molecule has 0 atom stereocenters. The smallest absolute Gasteiger partial charge is 0.272 e. The fourth-order valence-corrected chi connectivity index (χ4v) is 4.68. The maximum absolute atomic E-state index is 13.3. The Morgan fingerprint density at radius 1 is 0.947 bits per heavy atom. The van der Waals surface area contributed by atoms with E-state index in [0.717, 1.165) is 31.3 Å². The minimum Gasteiger partial charge on any atom is -0.493 e. The van der Waals surface area contributed by atoms with Crippen LogP contribution in [0, 0.1) is 3.57 Å². The molecule has 38 heavy (non-hydrogen) atoms. The number of hydrogen-bond donors (Lipinski definition) is 1. The highest BCUT2D eigenvalue weighted by atomic mass is 127. The number of carbonyl (C=O) groups is 1. The van der Waals surface area contributed by atoms with E-state index in [1.807, 2.05) is 97.1 Å². The summed E-state index contributed by atoms with van der Waals surface area (Å²) < 4.78 is 12.6. The molecular weight excluding hydrogens is 589 g/mol. The molecule has 0 bridgehead atoms. The number of rotatable bonds is 8. The van der Waals surface area contributed by atoms with E-state index in [1.165, 1.54) is 0 Å². The van der Waals surface area contributed by atoms with Gasteiger partial charge in [0.2, 0.25) is 0 Å². The first-order chi connectivity index (χ1) is 18.6. The summed E-state index contributed by atoms with van der Waals surface area (Å²) in [7, 11) is 1.60. The number of fused-ring (bicyclic) bond motifs is 1. The molecule has 0 aliphatic heterocycles. The molecule has 7 heteroatoms. The number of nitrogens with one attached hydrogen (secondary N) is 1. The van der Waals surface area contributed by atoms with E-state index in [9.17, 15) is 4.79 Å². The molecule has 5 rings (SSSR count). The van der Waals surface area contributed by atoms with Gasteiger partial charge in [-0.05, 0) is 52.4 Å². The van der Waals surface area contributed by atoms with Gasteiger partial charge in [-0.25, -0.2) is 10.4 Å². The third kappa shape index (κ3) is 5.84. The van der Waals surface area contributed by atoms with Crippen LogP contribution in [0.5, 0.6) is 11.5 Å². The van der Waals surface area contributed by atoms with Crippen molar-refractivity contribution in [3.05, 3.63) is 123 Å². The highest BCUT2D eigenvalue weighted by molar-refractivity contribution is 14.1. The topological polar surface area (TPSA) is 72.8 Å². The molecule has 5 aromatic rings. The molecule has 6 nitrogen and oxygen atoms in total. The molecule has 1 heterocycles. The lowest BCUT2D eigenvalue weighted by atomic mass is 10.0. The van der Waals surface area contributed by atoms with Crippen molar-refractivity contribution in [1.82, 2.24) is 10.4 Å². The van der Waals surface area contributed by atoms with Gasteiger partial charge in [0, 0.05) is 20.1 Å². The number of amides is 1. The van der Waals surface area contributed by atoms with Crippen molar-refractivity contribution in [3.8, 4) is 22.8 Å². The van der Waals surface area contributed by atoms with Gasteiger partial charge in [0.05, 0.1) is 30.1 Å². The van der Waals surface area contributed by atoms with Crippen molar-refractivity contribution >= 4 is 45.6 Å². The molecule has 1 N–H and O–H groups in total. The monoisotopic (exact) mass is 613 g/mol. The fraction of sp³-hybridized carbons (Fsp3) is 0.0645. The second-order valence-electron chi connectivity index (χ2n) is 8.44. The van der Waals surface area contributed by atoms with Crippen LogP contribution in [0.25, 0.3) is 22.2 Å². The van der Waals surface area contributed by atoms with Crippen molar-refractivity contribution in [2.45, 2.75) is 6.61 Å². The Morgan fingerprint density at radius 2 is 1.66 bits per heavy atom. The molecule has 4 aromatic carbocycles. The summed E-state index contributed by atoms with van der Waals surface area (Å²) in [6.45, 7) is 0.371. The van der Waals surface area contributed by atoms with Crippen LogP contribution in [0.15, 0.2) is 108 Å². The molecule has 0 spiro atoms. The predicted octanol–water partition coefficient (Wildman–Crippen LogP) is 6.86. The molecule has 1 amide bonds. The zero-order chi connectivity index (χ0) is 26.3. The number of benzene rings is 4. The zero-order valence-corrected chi connectivity index (χ0v) is 22.8. The first-order valence-electron chi connectivity index (χ1n) is 12.0. The quantitative estimate of drug-likeness (QED) is 0.118. The number of carbonyl (C=O) groups excluding carboxylic acids is 1. The van der Waals surface area contributed by atoms with Crippen molar-refractivity contribution in [3.63, 3.8) is 0 Å². The third-order valence-electron chi connectivity index (χ3n) is 5.89. The summed E-state index contributed by atoms with van der Waals surface area (Å²) >= 11 is 2.21. The summed E-state index contributed by atoms with van der Waals surface area (Å²) in [4.78, 5) is 18.1. The van der Waals surface area contributed by atoms with E-state index >= 15 is 0 Å². The molecule has 1 aromatic heterocycles. The van der Waals surface area contributed by atoms with Gasteiger partial charge in [0.1, 0.15) is 6.61 Å². The maximum Gasteiger partial charge on any atom is 0.272 e. The summed E-state index contributed by atoms with van der Waals surface area (Å²) in [5.74, 6) is 0.810. The number of halogens is 1. The lowest BCUT2D eigenvalue weighted by Crippen LogP contribution is -2.18. The van der Waals surface area contributed by atoms with Crippen LogP contribution in [0.3, 0.4) is 0 Å². The van der Waals surface area contributed by atoms with Gasteiger partial charge in [-0.2, -0.15) is 5.10 Å². The van der Waals surface area contributed by atoms with Gasteiger partial charge >= 0.3 is 0 Å². The summed E-state index contributed by atoms with van der Waals surface area (Å²) in [5, 5.41) is 5.03. The van der Waals surface area contributed by atoms with Gasteiger partial charge in [-0.1, -0.05) is 78.9 Å². The third-order valence-corrected chi connectivity index (χ3v) is 6.52. The predicted molar refractivity (Wildman–Crippen MR) is 159 cm³/mol. The highest BCUT2D eigenvalue weighted by Gasteiger charge is 2.15. The molecule has 0 aliphatic carbocycles. The van der Waals surface area contributed by atoms with Crippen LogP contribution in [0.2, 0.25) is 0 Å². The van der Waals surface area contributed by atoms with Gasteiger partial charge in [0.25, 0.3) is 5.91 Å². The zero-order valence-electron chi connectivity index (χ0n) is 20.6. The first kappa shape index (κ1) is 25.4. The standard InChI is InChI=1S/C31H24IN3O3/c1-37-29-17-24(32)16-23(30(29)38-20-21-10-4-2-5-11-21)19-33-35-31(36)26-18-28(22-12-6-3-7-13-22)34-27-15-9-8-14-25(26)27/h2-19H,20H2,1H3,(H,35,36)/b33-19-. The number of ether oxygens (including phenoxy) is 2. The molecule has 0 aliphatic rings. The van der Waals surface area contributed by atoms with Gasteiger partial charge in [-0.3, -0.25) is 4.79 Å². The van der Waals surface area contributed by atoms with Crippen LogP contribution in [0.1, 0.15) is 21.5 Å². The van der Waals surface area contributed by atoms with Crippen LogP contribution in [-0.4, -0.2) is 24.2 Å². The second kappa shape index (κ2) is 11.9. The molecule has 0 radical (unpaired) electrons. The summed E-state index contributed by atoms with van der Waals surface area (Å²) in [6.07, 6.45) is 1.57. The Bertz CT molecular complexity index is 1610. The number of pyridine rings is 1. The highest BCUT2D eigenvalue weighted by Crippen LogP contribution is 2.33. The average molecular weight is 613 g/mol. The van der Waals surface area contributed by atoms with E-state index in [2.05, 4.69) is 33.1 Å². The first-order valence-corrected chi connectivity index (χ1v) is 13.0. The van der Waals surface area contributed by atoms with Crippen molar-refractivity contribution < 1.29 is 14.3 Å². The Morgan fingerprint density at radius 3 is 2.42 bits per heavy atom. The van der Waals surface area contributed by atoms with Crippen molar-refractivity contribution in [2.75, 3.05) is 7.11 Å². The summed E-state index contributed by atoms with van der Waals surface area (Å²) in [5.41, 5.74) is 7.28. The molecular formula is C31H24IN3O3. The van der Waals surface area contributed by atoms with Crippen LogP contribution < -0.4 is 14.9 Å². The molecule has 188 valence electrons. The molecule has 0 saturated carbocycles. The normalized spacial score (nSPS) is 11.0. The fourth-order valence-electron chi connectivity index (χ4n) is 4.06. The number of hydrogen-bond acceptors (Lipinski definition) is 5. The molecule has 0 saturated heterocycles. The van der Waals surface area contributed by atoms with Gasteiger partial charge < -0.3 is 9.47 Å². The number of aromatic nitrogens is 1. The second-order valence-corrected chi connectivity index (χ2v) is 9.68. The van der Waals surface area contributed by atoms with Crippen molar-refractivity contribution in [2.24, 2.45) is 5.10 Å². The lowest BCUT2D eigenvalue weighted by molar-refractivity contribution is 0.0956. The van der Waals surface area contributed by atoms with Crippen LogP contribution in [0.4, 0.5) is 0 Å². The largest absolute Gasteiger partial charge is 0.493 e. The van der Waals surface area contributed by atoms with E-state index in [1.54, 1.807) is 19.4 Å². The maximum atomic E-state index is 13.3. The minimum absolute atomic E-state index is 0.332. The van der Waals surface area contributed by atoms with Gasteiger partial charge in [-0.15, -0.1) is 0 Å². The average Bonchev–Trinajstić information content (AvgIpc) is 2.96. The Balaban J connectivity index is 1.42. The van der Waals surface area contributed by atoms with E-state index < -0.39 is 0 Å². The number of hydrazone groups is 1.